The van der Waals surface area contributed by atoms with E-state index >= 15 is 0 Å². The molecule has 5 heteroatoms. The minimum atomic E-state index is -0.422. The van der Waals surface area contributed by atoms with Gasteiger partial charge in [-0.3, -0.25) is 9.59 Å². The van der Waals surface area contributed by atoms with Gasteiger partial charge in [-0.25, -0.2) is 0 Å². The fourth-order valence-electron chi connectivity index (χ4n) is 3.11. The van der Waals surface area contributed by atoms with Gasteiger partial charge in [0, 0.05) is 19.4 Å². The molecule has 0 saturated carbocycles. The lowest BCUT2D eigenvalue weighted by molar-refractivity contribution is -0.140. The first-order valence-electron chi connectivity index (χ1n) is 9.96. The van der Waals surface area contributed by atoms with Gasteiger partial charge >= 0.3 is 5.97 Å². The zero-order chi connectivity index (χ0) is 19.2. The molecule has 1 fully saturated rings. The molecule has 1 rings (SSSR count). The van der Waals surface area contributed by atoms with Crippen molar-refractivity contribution in [3.05, 3.63) is 24.3 Å². The summed E-state index contributed by atoms with van der Waals surface area (Å²) in [5, 5.41) is 10.1. The number of amides is 1. The third-order valence-electron chi connectivity index (χ3n) is 4.72. The van der Waals surface area contributed by atoms with Crippen molar-refractivity contribution < 1.29 is 19.4 Å². The maximum atomic E-state index is 12.2. The third kappa shape index (κ3) is 9.18. The number of nitrogens with zero attached hydrogens (tertiary/aromatic N) is 1. The Morgan fingerprint density at radius 3 is 2.88 bits per heavy atom. The summed E-state index contributed by atoms with van der Waals surface area (Å²) in [7, 11) is 1.40. The molecule has 148 valence electrons. The van der Waals surface area contributed by atoms with E-state index in [1.54, 1.807) is 0 Å². The molecular formula is C21H35NO4. The standard InChI is InChI=1S/C21H35NO4/c1-3-4-7-12-19(23)16-15-18-11-10-13-20(24)22(18)17-9-6-5-8-14-21(25)26-2/h6,9,15-16,18-19,23H,3-5,7-8,10-14,17H2,1-2H3/b9-6-,16-15+/t18-,19?/m1/s1. The molecule has 0 radical (unpaired) electrons. The number of unbranched alkanes of at least 4 members (excludes halogenated alkanes) is 3. The predicted molar refractivity (Wildman–Crippen MR) is 104 cm³/mol. The zero-order valence-corrected chi connectivity index (χ0v) is 16.4. The highest BCUT2D eigenvalue weighted by molar-refractivity contribution is 5.77. The zero-order valence-electron chi connectivity index (χ0n) is 16.4. The molecule has 2 atom stereocenters. The van der Waals surface area contributed by atoms with Crippen LogP contribution >= 0.6 is 0 Å². The van der Waals surface area contributed by atoms with E-state index in [0.717, 1.165) is 51.4 Å². The number of aliphatic hydroxyl groups is 1. The van der Waals surface area contributed by atoms with E-state index in [1.165, 1.54) is 7.11 Å². The van der Waals surface area contributed by atoms with Crippen LogP contribution in [0.4, 0.5) is 0 Å². The van der Waals surface area contributed by atoms with Crippen LogP contribution in [0.25, 0.3) is 0 Å². The summed E-state index contributed by atoms with van der Waals surface area (Å²) in [5.41, 5.74) is 0. The Bertz CT molecular complexity index is 473. The van der Waals surface area contributed by atoms with Crippen LogP contribution in [0.5, 0.6) is 0 Å². The Morgan fingerprint density at radius 2 is 2.15 bits per heavy atom. The van der Waals surface area contributed by atoms with Crippen molar-refractivity contribution >= 4 is 11.9 Å². The number of carbonyl (C=O) groups is 2. The van der Waals surface area contributed by atoms with Crippen LogP contribution in [-0.2, 0) is 14.3 Å². The Hall–Kier alpha value is -1.62. The molecule has 1 saturated heterocycles. The number of methoxy groups -OCH3 is 1. The van der Waals surface area contributed by atoms with Gasteiger partial charge in [-0.05, 0) is 32.1 Å². The highest BCUT2D eigenvalue weighted by Crippen LogP contribution is 2.20. The molecule has 1 N–H and O–H groups in total. The van der Waals surface area contributed by atoms with Gasteiger partial charge in [0.15, 0.2) is 0 Å². The van der Waals surface area contributed by atoms with E-state index in [9.17, 15) is 14.7 Å². The Labute approximate surface area is 158 Å². The number of allylic oxidation sites excluding steroid dienone is 1. The van der Waals surface area contributed by atoms with Crippen LogP contribution in [0.15, 0.2) is 24.3 Å². The van der Waals surface area contributed by atoms with Gasteiger partial charge in [0.25, 0.3) is 0 Å². The molecule has 0 aromatic rings. The van der Waals surface area contributed by atoms with Crippen molar-refractivity contribution in [1.82, 2.24) is 4.90 Å². The highest BCUT2D eigenvalue weighted by Gasteiger charge is 2.25. The van der Waals surface area contributed by atoms with Crippen LogP contribution in [0.1, 0.15) is 71.1 Å². The normalized spacial score (nSPS) is 19.4. The number of esters is 1. The lowest BCUT2D eigenvalue weighted by atomic mass is 10.00. The molecule has 0 aromatic carbocycles. The summed E-state index contributed by atoms with van der Waals surface area (Å²) in [6, 6.07) is 0.0665. The number of ether oxygens (including phenoxy) is 1. The van der Waals surface area contributed by atoms with Gasteiger partial charge in [0.05, 0.1) is 19.3 Å². The van der Waals surface area contributed by atoms with Crippen molar-refractivity contribution in [2.75, 3.05) is 13.7 Å². The second-order valence-corrected chi connectivity index (χ2v) is 6.89. The van der Waals surface area contributed by atoms with E-state index in [4.69, 9.17) is 0 Å². The van der Waals surface area contributed by atoms with Gasteiger partial charge in [-0.2, -0.15) is 0 Å². The second kappa shape index (κ2) is 13.6. The molecule has 0 bridgehead atoms. The van der Waals surface area contributed by atoms with E-state index in [-0.39, 0.29) is 17.9 Å². The number of aliphatic hydroxyl groups excluding tert-OH is 1. The minimum absolute atomic E-state index is 0.0665. The van der Waals surface area contributed by atoms with Gasteiger partial charge in [0.1, 0.15) is 0 Å². The van der Waals surface area contributed by atoms with Crippen LogP contribution < -0.4 is 0 Å². The van der Waals surface area contributed by atoms with Crippen LogP contribution in [0.2, 0.25) is 0 Å². The second-order valence-electron chi connectivity index (χ2n) is 6.89. The molecular weight excluding hydrogens is 330 g/mol. The van der Waals surface area contributed by atoms with E-state index in [1.807, 2.05) is 29.2 Å². The van der Waals surface area contributed by atoms with Crippen LogP contribution in [-0.4, -0.2) is 47.7 Å². The van der Waals surface area contributed by atoms with Crippen LogP contribution in [0.3, 0.4) is 0 Å². The Kier molecular flexibility index (Phi) is 11.7. The highest BCUT2D eigenvalue weighted by atomic mass is 16.5. The fourth-order valence-corrected chi connectivity index (χ4v) is 3.11. The summed E-state index contributed by atoms with van der Waals surface area (Å²) < 4.78 is 4.61. The summed E-state index contributed by atoms with van der Waals surface area (Å²) in [5.74, 6) is -0.0158. The lowest BCUT2D eigenvalue weighted by Crippen LogP contribution is -2.42. The van der Waals surface area contributed by atoms with Crippen molar-refractivity contribution in [3.63, 3.8) is 0 Å². The predicted octanol–water partition coefficient (Wildman–Crippen LogP) is 3.76. The summed E-state index contributed by atoms with van der Waals surface area (Å²) in [6.45, 7) is 2.73. The number of hydrogen-bond donors (Lipinski definition) is 1. The summed E-state index contributed by atoms with van der Waals surface area (Å²) >= 11 is 0. The monoisotopic (exact) mass is 365 g/mol. The van der Waals surface area contributed by atoms with Crippen molar-refractivity contribution in [3.8, 4) is 0 Å². The first kappa shape index (κ1) is 22.4. The third-order valence-corrected chi connectivity index (χ3v) is 4.72. The maximum absolute atomic E-state index is 12.2. The molecule has 1 amide bonds. The average molecular weight is 366 g/mol. The molecule has 5 nitrogen and oxygen atoms in total. The maximum Gasteiger partial charge on any atom is 0.305 e. The number of hydrogen-bond acceptors (Lipinski definition) is 4. The van der Waals surface area contributed by atoms with Gasteiger partial charge in [-0.1, -0.05) is 50.5 Å². The lowest BCUT2D eigenvalue weighted by Gasteiger charge is -2.33. The largest absolute Gasteiger partial charge is 0.469 e. The van der Waals surface area contributed by atoms with E-state index < -0.39 is 6.10 Å². The number of piperidine rings is 1. The summed E-state index contributed by atoms with van der Waals surface area (Å²) in [4.78, 5) is 25.2. The minimum Gasteiger partial charge on any atom is -0.469 e. The van der Waals surface area contributed by atoms with Crippen molar-refractivity contribution in [2.45, 2.75) is 83.3 Å². The molecule has 1 unspecified atom stereocenters. The van der Waals surface area contributed by atoms with E-state index in [0.29, 0.717) is 19.4 Å². The molecule has 1 aliphatic rings. The van der Waals surface area contributed by atoms with E-state index in [2.05, 4.69) is 11.7 Å². The smallest absolute Gasteiger partial charge is 0.305 e. The average Bonchev–Trinajstić information content (AvgIpc) is 2.64. The molecule has 1 aliphatic heterocycles. The Balaban J connectivity index is 2.43. The van der Waals surface area contributed by atoms with Crippen molar-refractivity contribution in [1.29, 1.82) is 0 Å². The first-order chi connectivity index (χ1) is 12.6. The fraction of sp³-hybridized carbons (Fsp3) is 0.714. The molecule has 26 heavy (non-hydrogen) atoms. The number of rotatable bonds is 12. The van der Waals surface area contributed by atoms with Gasteiger partial charge in [-0.15, -0.1) is 0 Å². The summed E-state index contributed by atoms with van der Waals surface area (Å²) in [6.07, 6.45) is 16.0. The topological polar surface area (TPSA) is 66.8 Å². The molecule has 0 aromatic heterocycles. The molecule has 0 aliphatic carbocycles. The quantitative estimate of drug-likeness (QED) is 0.325. The van der Waals surface area contributed by atoms with Crippen molar-refractivity contribution in [2.24, 2.45) is 0 Å². The number of carbonyl (C=O) groups excluding carboxylic acids is 2. The van der Waals surface area contributed by atoms with Gasteiger partial charge < -0.3 is 14.7 Å². The molecule has 1 heterocycles. The molecule has 0 spiro atoms. The number of likely N-dealkylation sites (tertiary alicyclic amines) is 1. The van der Waals surface area contributed by atoms with Gasteiger partial charge in [0.2, 0.25) is 5.91 Å². The first-order valence-corrected chi connectivity index (χ1v) is 9.96. The Morgan fingerprint density at radius 1 is 1.35 bits per heavy atom. The SMILES string of the molecule is CCCCCC(O)/C=C/[C@H]1CCCC(=O)N1C/C=C\CCCC(=O)OC. The van der Waals surface area contributed by atoms with Crippen LogP contribution in [0, 0.1) is 0 Å².